The molecule has 1 rings (SSSR count). The minimum atomic E-state index is -5.63. The van der Waals surface area contributed by atoms with Crippen LogP contribution in [0.3, 0.4) is 0 Å². The van der Waals surface area contributed by atoms with Crippen LogP contribution in [0.4, 0.5) is 13.2 Å². The smallest absolute Gasteiger partial charge is 0.379 e. The summed E-state index contributed by atoms with van der Waals surface area (Å²) < 4.78 is 64.4. The Hall–Kier alpha value is -0.115. The molecule has 0 spiro atoms. The number of halogens is 3. The summed E-state index contributed by atoms with van der Waals surface area (Å²) in [5, 5.41) is 0. The summed E-state index contributed by atoms with van der Waals surface area (Å²) in [6, 6.07) is -1.15. The second-order valence-electron chi connectivity index (χ2n) is 4.28. The first kappa shape index (κ1) is 17.9. The van der Waals surface area contributed by atoms with Crippen LogP contribution < -0.4 is 0 Å². The van der Waals surface area contributed by atoms with Gasteiger partial charge in [-0.25, -0.2) is 4.39 Å². The molecule has 0 saturated carbocycles. The minimum absolute atomic E-state index is 0.316. The lowest BCUT2D eigenvalue weighted by molar-refractivity contribution is -0.0648. The van der Waals surface area contributed by atoms with Crippen molar-refractivity contribution in [3.8, 4) is 0 Å². The zero-order chi connectivity index (χ0) is 15.6. The molecule has 0 aromatic heterocycles. The van der Waals surface area contributed by atoms with E-state index in [4.69, 9.17) is 31.8 Å². The van der Waals surface area contributed by atoms with Gasteiger partial charge in [0.1, 0.15) is 26.7 Å². The van der Waals surface area contributed by atoms with Crippen LogP contribution in [0.5, 0.6) is 0 Å². The SMILES string of the molecule is [B][C@@H]1O[C@H](CC(F)(F)P(=O)(O)O)[C@@H](OC)[C@H]1OCCF. The van der Waals surface area contributed by atoms with Crippen molar-refractivity contribution in [1.82, 2.24) is 0 Å². The van der Waals surface area contributed by atoms with Crippen molar-refractivity contribution in [2.45, 2.75) is 36.4 Å². The Kier molecular flexibility index (Phi) is 6.07. The van der Waals surface area contributed by atoms with Crippen LogP contribution >= 0.6 is 7.60 Å². The highest BCUT2D eigenvalue weighted by atomic mass is 31.2. The Morgan fingerprint density at radius 1 is 1.40 bits per heavy atom. The van der Waals surface area contributed by atoms with Gasteiger partial charge in [0, 0.05) is 13.1 Å². The highest BCUT2D eigenvalue weighted by molar-refractivity contribution is 7.53. The summed E-state index contributed by atoms with van der Waals surface area (Å²) in [4.78, 5) is 17.2. The lowest BCUT2D eigenvalue weighted by Crippen LogP contribution is -2.39. The van der Waals surface area contributed by atoms with E-state index < -0.39 is 50.7 Å². The van der Waals surface area contributed by atoms with Crippen LogP contribution in [0.1, 0.15) is 6.42 Å². The predicted octanol–water partition coefficient (Wildman–Crippen LogP) is 0.410. The van der Waals surface area contributed by atoms with E-state index in [0.717, 1.165) is 0 Å². The normalized spacial score (nSPS) is 31.7. The number of ether oxygens (including phenoxy) is 3. The maximum Gasteiger partial charge on any atom is 0.394 e. The monoisotopic (exact) mass is 318 g/mol. The van der Waals surface area contributed by atoms with E-state index in [1.165, 1.54) is 7.11 Å². The molecule has 1 heterocycles. The first-order valence-electron chi connectivity index (χ1n) is 5.69. The molecule has 6 nitrogen and oxygen atoms in total. The average Bonchev–Trinajstić information content (AvgIpc) is 2.59. The van der Waals surface area contributed by atoms with E-state index in [1.54, 1.807) is 0 Å². The average molecular weight is 318 g/mol. The van der Waals surface area contributed by atoms with Crippen molar-refractivity contribution in [3.05, 3.63) is 0 Å². The molecule has 11 heteroatoms. The fraction of sp³-hybridized carbons (Fsp3) is 1.00. The molecule has 1 aliphatic heterocycles. The molecule has 0 aromatic rings. The molecule has 2 N–H and O–H groups in total. The summed E-state index contributed by atoms with van der Waals surface area (Å²) in [7, 11) is 1.07. The lowest BCUT2D eigenvalue weighted by Gasteiger charge is -2.25. The van der Waals surface area contributed by atoms with Gasteiger partial charge in [0.05, 0.1) is 19.1 Å². The Morgan fingerprint density at radius 3 is 2.45 bits per heavy atom. The van der Waals surface area contributed by atoms with Crippen LogP contribution in [-0.2, 0) is 18.8 Å². The quantitative estimate of drug-likeness (QED) is 0.522. The molecule has 0 aliphatic carbocycles. The van der Waals surface area contributed by atoms with E-state index in [1.807, 2.05) is 0 Å². The maximum atomic E-state index is 13.4. The Morgan fingerprint density at radius 2 is 2.00 bits per heavy atom. The molecular weight excluding hydrogens is 303 g/mol. The first-order valence-corrected chi connectivity index (χ1v) is 7.30. The van der Waals surface area contributed by atoms with Gasteiger partial charge >= 0.3 is 13.3 Å². The maximum absolute atomic E-state index is 13.4. The minimum Gasteiger partial charge on any atom is -0.379 e. The summed E-state index contributed by atoms with van der Waals surface area (Å²) >= 11 is 0. The molecule has 1 fully saturated rings. The first-order chi connectivity index (χ1) is 9.14. The van der Waals surface area contributed by atoms with Gasteiger partial charge in [-0.05, 0) is 0 Å². The second kappa shape index (κ2) is 6.76. The van der Waals surface area contributed by atoms with Gasteiger partial charge in [0.25, 0.3) is 0 Å². The summed E-state index contributed by atoms with van der Waals surface area (Å²) in [6.07, 6.45) is -4.72. The third kappa shape index (κ3) is 3.96. The standard InChI is InChI=1S/C9H15BF3O6P/c1-17-6-5(4-9(12,13)20(14,15)16)19-8(10)7(6)18-3-2-11/h5-8H,2-4H2,1H3,(H2,14,15,16)/t5-,6-,7-,8-/m1/s1. The van der Waals surface area contributed by atoms with E-state index >= 15 is 0 Å². The zero-order valence-electron chi connectivity index (χ0n) is 10.6. The van der Waals surface area contributed by atoms with Crippen molar-refractivity contribution in [2.75, 3.05) is 20.4 Å². The number of rotatable bonds is 7. The van der Waals surface area contributed by atoms with E-state index in [9.17, 15) is 17.7 Å². The van der Waals surface area contributed by atoms with Gasteiger partial charge in [-0.15, -0.1) is 0 Å². The Bertz CT molecular complexity index is 368. The number of hydrogen-bond donors (Lipinski definition) is 2. The van der Waals surface area contributed by atoms with Gasteiger partial charge in [-0.3, -0.25) is 4.57 Å². The largest absolute Gasteiger partial charge is 0.394 e. The van der Waals surface area contributed by atoms with Gasteiger partial charge < -0.3 is 24.0 Å². The van der Waals surface area contributed by atoms with Crippen LogP contribution in [-0.4, -0.2) is 68.0 Å². The van der Waals surface area contributed by atoms with Gasteiger partial charge in [-0.1, -0.05) is 0 Å². The predicted molar refractivity (Wildman–Crippen MR) is 62.5 cm³/mol. The Balaban J connectivity index is 2.79. The van der Waals surface area contributed by atoms with Crippen molar-refractivity contribution in [1.29, 1.82) is 0 Å². The number of methoxy groups -OCH3 is 1. The Labute approximate surface area is 115 Å². The molecule has 0 aromatic carbocycles. The van der Waals surface area contributed by atoms with E-state index in [2.05, 4.69) is 0 Å². The number of alkyl halides is 3. The van der Waals surface area contributed by atoms with Crippen LogP contribution in [0, 0.1) is 0 Å². The molecule has 4 atom stereocenters. The summed E-state index contributed by atoms with van der Waals surface area (Å²) in [5.74, 6) is 0. The van der Waals surface area contributed by atoms with Crippen LogP contribution in [0.2, 0.25) is 0 Å². The van der Waals surface area contributed by atoms with Crippen molar-refractivity contribution in [2.24, 2.45) is 0 Å². The van der Waals surface area contributed by atoms with Crippen molar-refractivity contribution >= 4 is 15.4 Å². The fourth-order valence-electron chi connectivity index (χ4n) is 1.94. The number of hydrogen-bond acceptors (Lipinski definition) is 4. The molecule has 1 saturated heterocycles. The van der Waals surface area contributed by atoms with Crippen LogP contribution in [0.15, 0.2) is 0 Å². The van der Waals surface area contributed by atoms with Crippen molar-refractivity contribution in [3.63, 3.8) is 0 Å². The third-order valence-electron chi connectivity index (χ3n) is 2.88. The van der Waals surface area contributed by atoms with Gasteiger partial charge in [0.2, 0.25) is 0 Å². The van der Waals surface area contributed by atoms with Gasteiger partial charge in [0.15, 0.2) is 0 Å². The zero-order valence-corrected chi connectivity index (χ0v) is 11.5. The topological polar surface area (TPSA) is 85.2 Å². The second-order valence-corrected chi connectivity index (χ2v) is 6.02. The lowest BCUT2D eigenvalue weighted by atomic mass is 9.92. The highest BCUT2D eigenvalue weighted by Crippen LogP contribution is 2.56. The summed E-state index contributed by atoms with van der Waals surface area (Å²) in [6.45, 7) is -1.12. The van der Waals surface area contributed by atoms with E-state index in [0.29, 0.717) is 0 Å². The van der Waals surface area contributed by atoms with Crippen LogP contribution in [0.25, 0.3) is 0 Å². The van der Waals surface area contributed by atoms with E-state index in [-0.39, 0.29) is 6.61 Å². The molecule has 20 heavy (non-hydrogen) atoms. The third-order valence-corrected chi connectivity index (χ3v) is 3.91. The fourth-order valence-corrected chi connectivity index (χ4v) is 2.35. The molecule has 2 radical (unpaired) electrons. The molecular formula is C9H15BF3O6P. The molecule has 0 unspecified atom stereocenters. The van der Waals surface area contributed by atoms with Crippen molar-refractivity contribution < 1.29 is 41.7 Å². The van der Waals surface area contributed by atoms with Gasteiger partial charge in [-0.2, -0.15) is 8.78 Å². The highest BCUT2D eigenvalue weighted by Gasteiger charge is 2.55. The molecule has 0 bridgehead atoms. The summed E-state index contributed by atoms with van der Waals surface area (Å²) in [5.41, 5.74) is -4.27. The molecule has 116 valence electrons. The molecule has 1 aliphatic rings. The molecule has 0 amide bonds.